The van der Waals surface area contributed by atoms with E-state index in [1.54, 1.807) is 18.2 Å². The summed E-state index contributed by atoms with van der Waals surface area (Å²) in [6, 6.07) is 14.2. The van der Waals surface area contributed by atoms with Crippen LogP contribution >= 0.6 is 11.8 Å². The molecule has 2 aromatic carbocycles. The number of hydrogen-bond donors (Lipinski definition) is 2. The van der Waals surface area contributed by atoms with Crippen LogP contribution in [-0.4, -0.2) is 22.5 Å². The summed E-state index contributed by atoms with van der Waals surface area (Å²) in [4.78, 5) is 15.2. The van der Waals surface area contributed by atoms with Gasteiger partial charge in [0.25, 0.3) is 0 Å². The molecule has 1 amide bonds. The van der Waals surface area contributed by atoms with Crippen LogP contribution in [0.3, 0.4) is 0 Å². The van der Waals surface area contributed by atoms with Crippen LogP contribution < -0.4 is 10.7 Å². The van der Waals surface area contributed by atoms with Gasteiger partial charge in [-0.1, -0.05) is 48.2 Å². The van der Waals surface area contributed by atoms with E-state index in [2.05, 4.69) is 20.8 Å². The van der Waals surface area contributed by atoms with E-state index in [0.29, 0.717) is 23.2 Å². The summed E-state index contributed by atoms with van der Waals surface area (Å²) in [6.07, 6.45) is 0. The second kappa shape index (κ2) is 7.94. The van der Waals surface area contributed by atoms with Gasteiger partial charge >= 0.3 is 0 Å². The van der Waals surface area contributed by atoms with Crippen molar-refractivity contribution in [3.8, 4) is 0 Å². The maximum atomic E-state index is 13.6. The molecule has 0 bridgehead atoms. The topological polar surface area (TPSA) is 65.8 Å². The molecule has 0 atom stereocenters. The van der Waals surface area contributed by atoms with Crippen LogP contribution in [0.15, 0.2) is 58.6 Å². The Bertz CT molecular complexity index is 833. The number of carbonyl (C=O) groups is 1. The first-order valence-corrected chi connectivity index (χ1v) is 8.73. The third kappa shape index (κ3) is 4.67. The Morgan fingerprint density at radius 3 is 2.68 bits per heavy atom. The van der Waals surface area contributed by atoms with Crippen molar-refractivity contribution in [2.45, 2.75) is 13.5 Å². The summed E-state index contributed by atoms with van der Waals surface area (Å²) < 4.78 is 13.6. The van der Waals surface area contributed by atoms with Crippen LogP contribution in [0, 0.1) is 5.82 Å². The third-order valence-corrected chi connectivity index (χ3v) is 4.41. The van der Waals surface area contributed by atoms with Gasteiger partial charge in [-0.2, -0.15) is 5.10 Å². The van der Waals surface area contributed by atoms with Crippen molar-refractivity contribution < 1.29 is 9.18 Å². The zero-order valence-corrected chi connectivity index (χ0v) is 14.4. The molecule has 2 aromatic rings. The van der Waals surface area contributed by atoms with Gasteiger partial charge in [0.2, 0.25) is 5.91 Å². The standard InChI is InChI=1S/C18H17FN4OS/c1-12(24)20-10-13-6-8-14(9-7-13)17-11-25-18(23-22-17)21-16-5-3-2-4-15(16)19/h2-9H,10-11H2,1H3,(H,20,24)(H,21,23). The lowest BCUT2D eigenvalue weighted by Crippen LogP contribution is -2.25. The SMILES string of the molecule is CC(=O)NCc1ccc(C2=NNC(=Nc3ccccc3F)SC2)cc1. The van der Waals surface area contributed by atoms with Gasteiger partial charge in [0.05, 0.1) is 5.71 Å². The zero-order chi connectivity index (χ0) is 17.6. The fourth-order valence-corrected chi connectivity index (χ4v) is 2.99. The number of amidine groups is 1. The van der Waals surface area contributed by atoms with Crippen molar-refractivity contribution in [2.24, 2.45) is 10.1 Å². The molecule has 0 spiro atoms. The maximum Gasteiger partial charge on any atom is 0.217 e. The number of nitrogens with zero attached hydrogens (tertiary/aromatic N) is 2. The van der Waals surface area contributed by atoms with Crippen LogP contribution in [-0.2, 0) is 11.3 Å². The number of benzene rings is 2. The van der Waals surface area contributed by atoms with Gasteiger partial charge in [-0.15, -0.1) is 0 Å². The lowest BCUT2D eigenvalue weighted by atomic mass is 10.1. The number of hydrogen-bond acceptors (Lipinski definition) is 4. The minimum absolute atomic E-state index is 0.0528. The smallest absolute Gasteiger partial charge is 0.217 e. The maximum absolute atomic E-state index is 13.6. The number of aliphatic imine (C=N–C) groups is 1. The minimum Gasteiger partial charge on any atom is -0.352 e. The number of thioether (sulfide) groups is 1. The van der Waals surface area contributed by atoms with Crippen molar-refractivity contribution in [1.82, 2.24) is 10.7 Å². The quantitative estimate of drug-likeness (QED) is 0.884. The third-order valence-electron chi connectivity index (χ3n) is 3.54. The number of nitrogens with one attached hydrogen (secondary N) is 2. The van der Waals surface area contributed by atoms with Crippen molar-refractivity contribution in [2.75, 3.05) is 5.75 Å². The number of amides is 1. The molecule has 2 N–H and O–H groups in total. The van der Waals surface area contributed by atoms with Crippen LogP contribution in [0.5, 0.6) is 0 Å². The summed E-state index contributed by atoms with van der Waals surface area (Å²) in [5, 5.41) is 7.66. The molecule has 25 heavy (non-hydrogen) atoms. The van der Waals surface area contributed by atoms with E-state index >= 15 is 0 Å². The van der Waals surface area contributed by atoms with E-state index in [1.165, 1.54) is 24.8 Å². The molecule has 0 saturated heterocycles. The monoisotopic (exact) mass is 356 g/mol. The van der Waals surface area contributed by atoms with Gasteiger partial charge in [0.1, 0.15) is 11.5 Å². The first-order valence-electron chi connectivity index (χ1n) is 7.74. The van der Waals surface area contributed by atoms with Crippen LogP contribution in [0.1, 0.15) is 18.1 Å². The van der Waals surface area contributed by atoms with Crippen molar-refractivity contribution in [3.05, 3.63) is 65.5 Å². The molecule has 1 heterocycles. The van der Waals surface area contributed by atoms with E-state index in [9.17, 15) is 9.18 Å². The van der Waals surface area contributed by atoms with Gasteiger partial charge in [-0.05, 0) is 23.3 Å². The molecule has 7 heteroatoms. The predicted molar refractivity (Wildman–Crippen MR) is 99.6 cm³/mol. The summed E-state index contributed by atoms with van der Waals surface area (Å²) in [6.45, 7) is 2.00. The molecule has 0 saturated carbocycles. The highest BCUT2D eigenvalue weighted by atomic mass is 32.2. The summed E-state index contributed by atoms with van der Waals surface area (Å²) in [7, 11) is 0. The van der Waals surface area contributed by atoms with Gasteiger partial charge < -0.3 is 5.32 Å². The molecule has 0 unspecified atom stereocenters. The van der Waals surface area contributed by atoms with Gasteiger partial charge in [0.15, 0.2) is 5.17 Å². The molecule has 0 aromatic heterocycles. The van der Waals surface area contributed by atoms with Gasteiger partial charge in [-0.25, -0.2) is 9.38 Å². The highest BCUT2D eigenvalue weighted by Crippen LogP contribution is 2.21. The Kier molecular flexibility index (Phi) is 5.45. The number of carbonyl (C=O) groups excluding carboxylic acids is 1. The Balaban J connectivity index is 1.67. The second-order valence-electron chi connectivity index (χ2n) is 5.43. The number of hydrazone groups is 1. The lowest BCUT2D eigenvalue weighted by molar-refractivity contribution is -0.119. The molecular formula is C18H17FN4OS. The molecule has 0 fully saturated rings. The summed E-state index contributed by atoms with van der Waals surface area (Å²) in [5.41, 5.74) is 6.08. The second-order valence-corrected chi connectivity index (χ2v) is 6.40. The Hall–Kier alpha value is -2.67. The fraction of sp³-hybridized carbons (Fsp3) is 0.167. The van der Waals surface area contributed by atoms with E-state index < -0.39 is 0 Å². The van der Waals surface area contributed by atoms with E-state index in [4.69, 9.17) is 0 Å². The van der Waals surface area contributed by atoms with Crippen molar-refractivity contribution >= 4 is 34.2 Å². The van der Waals surface area contributed by atoms with Crippen LogP contribution in [0.2, 0.25) is 0 Å². The molecule has 0 aliphatic carbocycles. The summed E-state index contributed by atoms with van der Waals surface area (Å²) in [5.74, 6) is 0.232. The Morgan fingerprint density at radius 1 is 1.28 bits per heavy atom. The zero-order valence-electron chi connectivity index (χ0n) is 13.6. The first kappa shape index (κ1) is 17.2. The predicted octanol–water partition coefficient (Wildman–Crippen LogP) is 3.19. The average Bonchev–Trinajstić information content (AvgIpc) is 2.63. The summed E-state index contributed by atoms with van der Waals surface area (Å²) >= 11 is 1.47. The lowest BCUT2D eigenvalue weighted by Gasteiger charge is -2.15. The van der Waals surface area contributed by atoms with E-state index in [0.717, 1.165) is 16.8 Å². The number of para-hydroxylation sites is 1. The number of halogens is 1. The Labute approximate surface area is 149 Å². The average molecular weight is 356 g/mol. The molecular weight excluding hydrogens is 339 g/mol. The minimum atomic E-state index is -0.359. The van der Waals surface area contributed by atoms with Crippen LogP contribution in [0.4, 0.5) is 10.1 Å². The van der Waals surface area contributed by atoms with E-state index in [-0.39, 0.29) is 11.7 Å². The molecule has 128 valence electrons. The van der Waals surface area contributed by atoms with Crippen molar-refractivity contribution in [1.29, 1.82) is 0 Å². The normalized spacial score (nSPS) is 15.4. The molecule has 1 aliphatic rings. The fourth-order valence-electron chi connectivity index (χ4n) is 2.22. The van der Waals surface area contributed by atoms with Gasteiger partial charge in [-0.3, -0.25) is 10.2 Å². The van der Waals surface area contributed by atoms with E-state index in [1.807, 2.05) is 24.3 Å². The highest BCUT2D eigenvalue weighted by Gasteiger charge is 2.13. The molecule has 5 nitrogen and oxygen atoms in total. The first-order chi connectivity index (χ1) is 12.1. The molecule has 3 rings (SSSR count). The van der Waals surface area contributed by atoms with Gasteiger partial charge in [0, 0.05) is 19.2 Å². The number of rotatable bonds is 4. The molecule has 1 aliphatic heterocycles. The largest absolute Gasteiger partial charge is 0.352 e. The highest BCUT2D eigenvalue weighted by molar-refractivity contribution is 8.14. The molecule has 0 radical (unpaired) electrons. The van der Waals surface area contributed by atoms with Crippen LogP contribution in [0.25, 0.3) is 0 Å². The Morgan fingerprint density at radius 2 is 2.04 bits per heavy atom. The van der Waals surface area contributed by atoms with Crippen molar-refractivity contribution in [3.63, 3.8) is 0 Å².